The van der Waals surface area contributed by atoms with Crippen LogP contribution in [0.1, 0.15) is 48.7 Å². The van der Waals surface area contributed by atoms with Gasteiger partial charge in [0.1, 0.15) is 18.2 Å². The number of fused-ring (bicyclic) bond motifs is 2. The molecule has 4 aromatic carbocycles. The molecule has 244 valence electrons. The molecule has 6 aromatic rings. The van der Waals surface area contributed by atoms with Gasteiger partial charge in [0.15, 0.2) is 0 Å². The first kappa shape index (κ1) is 31.4. The van der Waals surface area contributed by atoms with Crippen LogP contribution in [0.5, 0.6) is 5.75 Å². The molecule has 1 aliphatic rings. The summed E-state index contributed by atoms with van der Waals surface area (Å²) < 4.78 is 34.1. The van der Waals surface area contributed by atoms with E-state index in [0.717, 1.165) is 75.7 Å². The minimum Gasteiger partial charge on any atom is -0.487 e. The first-order valence-electron chi connectivity index (χ1n) is 16.1. The molecule has 48 heavy (non-hydrogen) atoms. The van der Waals surface area contributed by atoms with E-state index in [0.29, 0.717) is 31.0 Å². The third kappa shape index (κ3) is 6.89. The monoisotopic (exact) mass is 660 g/mol. The van der Waals surface area contributed by atoms with Crippen LogP contribution in [0.2, 0.25) is 0 Å². The number of hydrogen-bond donors (Lipinski definition) is 2. The van der Waals surface area contributed by atoms with Crippen LogP contribution < -0.4 is 9.46 Å². The third-order valence-corrected chi connectivity index (χ3v) is 9.60. The summed E-state index contributed by atoms with van der Waals surface area (Å²) in [6, 6.07) is 33.3. The highest BCUT2D eigenvalue weighted by Crippen LogP contribution is 2.39. The van der Waals surface area contributed by atoms with E-state index in [2.05, 4.69) is 21.4 Å². The lowest BCUT2D eigenvalue weighted by Crippen LogP contribution is -2.27. The van der Waals surface area contributed by atoms with Crippen molar-refractivity contribution in [2.75, 3.05) is 11.0 Å². The fourth-order valence-electron chi connectivity index (χ4n) is 6.73. The van der Waals surface area contributed by atoms with Gasteiger partial charge in [-0.3, -0.25) is 9.52 Å². The third-order valence-electron chi connectivity index (χ3n) is 9.00. The first-order chi connectivity index (χ1) is 23.2. The lowest BCUT2D eigenvalue weighted by molar-refractivity contribution is -0.143. The molecule has 1 fully saturated rings. The number of hydrogen-bond acceptors (Lipinski definition) is 6. The minimum atomic E-state index is -3.36. The molecule has 1 aliphatic carbocycles. The molecule has 2 aromatic heterocycles. The zero-order chi connectivity index (χ0) is 33.3. The van der Waals surface area contributed by atoms with Gasteiger partial charge in [-0.1, -0.05) is 67.4 Å². The lowest BCUT2D eigenvalue weighted by Gasteiger charge is -2.28. The maximum Gasteiger partial charge on any atom is 0.307 e. The summed E-state index contributed by atoms with van der Waals surface area (Å²) in [5.74, 6) is -0.0155. The van der Waals surface area contributed by atoms with Crippen LogP contribution in [0.15, 0.2) is 103 Å². The number of aromatic nitrogens is 3. The molecule has 9 nitrogen and oxygen atoms in total. The number of imidazole rings is 1. The Hall–Kier alpha value is -5.22. The van der Waals surface area contributed by atoms with E-state index in [1.165, 1.54) is 0 Å². The Balaban J connectivity index is 1.20. The van der Waals surface area contributed by atoms with Crippen LogP contribution in [0.3, 0.4) is 0 Å². The summed E-state index contributed by atoms with van der Waals surface area (Å²) in [4.78, 5) is 22.2. The first-order valence-corrected chi connectivity index (χ1v) is 18.0. The number of carbonyl (C=O) groups is 1. The molecule has 0 amide bonds. The second kappa shape index (κ2) is 13.1. The van der Waals surface area contributed by atoms with E-state index < -0.39 is 21.9 Å². The quantitative estimate of drug-likeness (QED) is 0.155. The second-order valence-corrected chi connectivity index (χ2v) is 14.2. The largest absolute Gasteiger partial charge is 0.487 e. The van der Waals surface area contributed by atoms with Gasteiger partial charge in [-0.05, 0) is 72.0 Å². The van der Waals surface area contributed by atoms with Crippen LogP contribution in [0, 0.1) is 5.92 Å². The number of ether oxygens (including phenoxy) is 1. The molecular formula is C38H36N4O5S. The molecule has 0 radical (unpaired) electrons. The van der Waals surface area contributed by atoms with Gasteiger partial charge in [0.05, 0.1) is 34.4 Å². The summed E-state index contributed by atoms with van der Waals surface area (Å²) in [5, 5.41) is 11.2. The summed E-state index contributed by atoms with van der Waals surface area (Å²) in [6.45, 7) is 0.823. The van der Waals surface area contributed by atoms with Crippen molar-refractivity contribution < 1.29 is 23.1 Å². The van der Waals surface area contributed by atoms with Crippen molar-refractivity contribution in [3.8, 4) is 16.9 Å². The van der Waals surface area contributed by atoms with Crippen molar-refractivity contribution in [1.29, 1.82) is 0 Å². The van der Waals surface area contributed by atoms with E-state index in [4.69, 9.17) is 14.7 Å². The Kier molecular flexibility index (Phi) is 8.58. The molecule has 2 unspecified atom stereocenters. The van der Waals surface area contributed by atoms with Crippen molar-refractivity contribution in [3.63, 3.8) is 0 Å². The van der Waals surface area contributed by atoms with Gasteiger partial charge < -0.3 is 14.4 Å². The predicted molar refractivity (Wildman–Crippen MR) is 188 cm³/mol. The molecule has 0 aliphatic heterocycles. The number of rotatable bonds is 10. The lowest BCUT2D eigenvalue weighted by atomic mass is 9.78. The Morgan fingerprint density at radius 3 is 2.50 bits per heavy atom. The van der Waals surface area contributed by atoms with Crippen LogP contribution in [-0.4, -0.2) is 40.3 Å². The van der Waals surface area contributed by atoms with Crippen molar-refractivity contribution >= 4 is 43.6 Å². The van der Waals surface area contributed by atoms with Crippen LogP contribution in [-0.2, 0) is 28.0 Å². The van der Waals surface area contributed by atoms with Crippen molar-refractivity contribution in [2.24, 2.45) is 5.92 Å². The number of para-hydroxylation sites is 1. The maximum absolute atomic E-state index is 12.4. The van der Waals surface area contributed by atoms with Gasteiger partial charge >= 0.3 is 5.97 Å². The molecule has 10 heteroatoms. The summed E-state index contributed by atoms with van der Waals surface area (Å²) in [5.41, 5.74) is 6.90. The fourth-order valence-corrected chi connectivity index (χ4v) is 7.29. The topological polar surface area (TPSA) is 123 Å². The number of benzene rings is 4. The van der Waals surface area contributed by atoms with Crippen molar-refractivity contribution in [2.45, 2.75) is 44.8 Å². The molecule has 0 spiro atoms. The minimum absolute atomic E-state index is 0.201. The summed E-state index contributed by atoms with van der Waals surface area (Å²) in [7, 11) is -3.36. The van der Waals surface area contributed by atoms with Crippen molar-refractivity contribution in [3.05, 3.63) is 120 Å². The van der Waals surface area contributed by atoms with Gasteiger partial charge in [0.25, 0.3) is 0 Å². The molecule has 7 rings (SSSR count). The summed E-state index contributed by atoms with van der Waals surface area (Å²) in [6.07, 6.45) is 4.39. The van der Waals surface area contributed by atoms with E-state index >= 15 is 0 Å². The number of nitrogens with zero attached hydrogens (tertiary/aromatic N) is 3. The average Bonchev–Trinajstić information content (AvgIpc) is 3.44. The Morgan fingerprint density at radius 1 is 0.875 bits per heavy atom. The highest BCUT2D eigenvalue weighted by Gasteiger charge is 2.35. The highest BCUT2D eigenvalue weighted by atomic mass is 32.2. The number of carboxylic acid groups (broad SMARTS) is 1. The zero-order valence-electron chi connectivity index (χ0n) is 26.5. The molecule has 2 heterocycles. The normalized spacial score (nSPS) is 16.6. The second-order valence-electron chi connectivity index (χ2n) is 12.5. The van der Waals surface area contributed by atoms with Gasteiger partial charge in [0.2, 0.25) is 10.0 Å². The number of sulfonamides is 1. The molecule has 1 saturated carbocycles. The van der Waals surface area contributed by atoms with E-state index in [9.17, 15) is 18.3 Å². The zero-order valence-corrected chi connectivity index (χ0v) is 27.4. The van der Waals surface area contributed by atoms with Gasteiger partial charge in [-0.2, -0.15) is 0 Å². The van der Waals surface area contributed by atoms with E-state index in [1.807, 2.05) is 78.9 Å². The Morgan fingerprint density at radius 2 is 1.69 bits per heavy atom. The van der Waals surface area contributed by atoms with E-state index in [1.54, 1.807) is 12.1 Å². The van der Waals surface area contributed by atoms with Gasteiger partial charge in [-0.15, -0.1) is 0 Å². The molecule has 0 saturated heterocycles. The van der Waals surface area contributed by atoms with Crippen LogP contribution in [0.25, 0.3) is 33.1 Å². The number of anilines is 1. The number of pyridine rings is 1. The smallest absolute Gasteiger partial charge is 0.307 e. The standard InChI is InChI=1S/C38H36N4O5S/c1-48(45,46)41-29-16-13-26(14-17-29)28-9-6-7-25(21-28)23-42-36-20-19-31(47-24-30-18-15-27-8-2-5-12-34(27)39-30)22-35(36)40-37(42)32-10-3-4-11-33(32)38(43)44/h2,5-9,12-22,32-33,41H,3-4,10-11,23-24H2,1H3,(H,43,44). The fraction of sp³-hybridized carbons (Fsp3) is 0.237. The molecule has 2 N–H and O–H groups in total. The number of carboxylic acids is 1. The Bertz CT molecular complexity index is 2230. The predicted octanol–water partition coefficient (Wildman–Crippen LogP) is 7.61. The number of aliphatic carboxylic acids is 1. The van der Waals surface area contributed by atoms with Gasteiger partial charge in [-0.25, -0.2) is 18.4 Å². The number of nitrogens with one attached hydrogen (secondary N) is 1. The summed E-state index contributed by atoms with van der Waals surface area (Å²) >= 11 is 0. The molecular weight excluding hydrogens is 625 g/mol. The Labute approximate surface area is 279 Å². The van der Waals surface area contributed by atoms with Gasteiger partial charge in [0, 0.05) is 29.6 Å². The van der Waals surface area contributed by atoms with E-state index in [-0.39, 0.29) is 5.92 Å². The highest BCUT2D eigenvalue weighted by molar-refractivity contribution is 7.92. The van der Waals surface area contributed by atoms with Crippen LogP contribution in [0.4, 0.5) is 5.69 Å². The molecule has 0 bridgehead atoms. The average molecular weight is 661 g/mol. The molecule has 2 atom stereocenters. The van der Waals surface area contributed by atoms with Crippen molar-refractivity contribution in [1.82, 2.24) is 14.5 Å². The maximum atomic E-state index is 12.4. The van der Waals surface area contributed by atoms with Crippen LogP contribution >= 0.6 is 0 Å². The SMILES string of the molecule is CS(=O)(=O)Nc1ccc(-c2cccc(Cn3c(C4CCCCC4C(=O)O)nc4cc(OCc5ccc6ccccc6n5)ccc43)c2)cc1.